The third-order valence-corrected chi connectivity index (χ3v) is 3.08. The Kier molecular flexibility index (Phi) is 5.54. The largest absolute Gasteiger partial charge is 0.390 e. The highest BCUT2D eigenvalue weighted by molar-refractivity contribution is 5.63. The molecular weight excluding hydrogens is 248 g/mol. The van der Waals surface area contributed by atoms with Crippen LogP contribution in [-0.4, -0.2) is 24.4 Å². The minimum absolute atomic E-state index is 0.340. The summed E-state index contributed by atoms with van der Waals surface area (Å²) in [5.41, 5.74) is 3.50. The van der Waals surface area contributed by atoms with E-state index in [4.69, 9.17) is 4.74 Å². The second-order valence-electron chi connectivity index (χ2n) is 4.75. The maximum atomic E-state index is 9.86. The van der Waals surface area contributed by atoms with Gasteiger partial charge in [0.15, 0.2) is 0 Å². The average Bonchev–Trinajstić information content (AvgIpc) is 2.49. The molecule has 0 aromatic heterocycles. The van der Waals surface area contributed by atoms with E-state index in [0.29, 0.717) is 19.6 Å². The molecule has 0 heterocycles. The first-order valence-electron chi connectivity index (χ1n) is 6.80. The van der Waals surface area contributed by atoms with Gasteiger partial charge in [-0.1, -0.05) is 60.7 Å². The van der Waals surface area contributed by atoms with Crippen molar-refractivity contribution in [2.24, 2.45) is 0 Å². The van der Waals surface area contributed by atoms with Gasteiger partial charge in [0.2, 0.25) is 0 Å². The number of rotatable bonds is 7. The molecule has 20 heavy (non-hydrogen) atoms. The molecule has 104 valence electrons. The van der Waals surface area contributed by atoms with Crippen molar-refractivity contribution in [1.29, 1.82) is 0 Å². The zero-order valence-electron chi connectivity index (χ0n) is 11.5. The summed E-state index contributed by atoms with van der Waals surface area (Å²) < 4.78 is 5.24. The Labute approximate surface area is 120 Å². The third-order valence-electron chi connectivity index (χ3n) is 3.08. The van der Waals surface area contributed by atoms with E-state index in [1.54, 1.807) is 6.08 Å². The lowest BCUT2D eigenvalue weighted by Crippen LogP contribution is -2.18. The van der Waals surface area contributed by atoms with Gasteiger partial charge in [0.05, 0.1) is 19.3 Å². The lowest BCUT2D eigenvalue weighted by molar-refractivity contribution is 0.0497. The summed E-state index contributed by atoms with van der Waals surface area (Å²) in [6, 6.07) is 18.5. The highest BCUT2D eigenvalue weighted by atomic mass is 16.5. The molecule has 0 saturated carbocycles. The predicted octanol–water partition coefficient (Wildman–Crippen LogP) is 3.46. The number of ether oxygens (including phenoxy) is 1. The van der Waals surface area contributed by atoms with Crippen LogP contribution in [0.3, 0.4) is 0 Å². The van der Waals surface area contributed by atoms with Gasteiger partial charge in [-0.05, 0) is 16.7 Å². The van der Waals surface area contributed by atoms with Crippen LogP contribution in [-0.2, 0) is 11.2 Å². The second-order valence-corrected chi connectivity index (χ2v) is 4.75. The summed E-state index contributed by atoms with van der Waals surface area (Å²) in [6.45, 7) is 4.39. The van der Waals surface area contributed by atoms with Crippen LogP contribution in [0.4, 0.5) is 0 Å². The topological polar surface area (TPSA) is 29.5 Å². The zero-order chi connectivity index (χ0) is 14.2. The van der Waals surface area contributed by atoms with E-state index in [2.05, 4.69) is 43.0 Å². The van der Waals surface area contributed by atoms with Crippen LogP contribution in [0.2, 0.25) is 0 Å². The minimum Gasteiger partial charge on any atom is -0.390 e. The Balaban J connectivity index is 1.93. The SMILES string of the molecule is C=CCOCC(O)Cc1ccc(-c2ccccc2)cc1. The van der Waals surface area contributed by atoms with E-state index < -0.39 is 6.10 Å². The van der Waals surface area contributed by atoms with Gasteiger partial charge in [-0.15, -0.1) is 6.58 Å². The summed E-state index contributed by atoms with van der Waals surface area (Å²) in [5.74, 6) is 0. The number of hydrogen-bond donors (Lipinski definition) is 1. The molecule has 0 spiro atoms. The van der Waals surface area contributed by atoms with E-state index >= 15 is 0 Å². The van der Waals surface area contributed by atoms with Crippen molar-refractivity contribution in [3.8, 4) is 11.1 Å². The van der Waals surface area contributed by atoms with Crippen molar-refractivity contribution in [2.45, 2.75) is 12.5 Å². The van der Waals surface area contributed by atoms with Gasteiger partial charge in [-0.3, -0.25) is 0 Å². The smallest absolute Gasteiger partial charge is 0.0814 e. The van der Waals surface area contributed by atoms with Crippen LogP contribution in [0.15, 0.2) is 67.3 Å². The van der Waals surface area contributed by atoms with Crippen LogP contribution < -0.4 is 0 Å². The maximum Gasteiger partial charge on any atom is 0.0814 e. The van der Waals surface area contributed by atoms with Crippen LogP contribution in [0, 0.1) is 0 Å². The molecule has 2 heteroatoms. The Morgan fingerprint density at radius 3 is 2.30 bits per heavy atom. The molecule has 0 aliphatic heterocycles. The first-order chi connectivity index (χ1) is 9.79. The molecule has 1 unspecified atom stereocenters. The molecule has 1 N–H and O–H groups in total. The van der Waals surface area contributed by atoms with Gasteiger partial charge >= 0.3 is 0 Å². The Morgan fingerprint density at radius 1 is 1.00 bits per heavy atom. The van der Waals surface area contributed by atoms with Gasteiger partial charge < -0.3 is 9.84 Å². The van der Waals surface area contributed by atoms with E-state index in [1.165, 1.54) is 11.1 Å². The molecule has 0 radical (unpaired) electrons. The van der Waals surface area contributed by atoms with Gasteiger partial charge in [-0.25, -0.2) is 0 Å². The molecule has 2 aromatic rings. The van der Waals surface area contributed by atoms with E-state index in [9.17, 15) is 5.11 Å². The van der Waals surface area contributed by atoms with Crippen LogP contribution >= 0.6 is 0 Å². The fourth-order valence-electron chi connectivity index (χ4n) is 2.08. The van der Waals surface area contributed by atoms with Gasteiger partial charge in [-0.2, -0.15) is 0 Å². The molecule has 0 amide bonds. The van der Waals surface area contributed by atoms with E-state index in [0.717, 1.165) is 5.56 Å². The van der Waals surface area contributed by atoms with Crippen molar-refractivity contribution < 1.29 is 9.84 Å². The Morgan fingerprint density at radius 2 is 1.65 bits per heavy atom. The molecule has 0 bridgehead atoms. The highest BCUT2D eigenvalue weighted by Crippen LogP contribution is 2.19. The third kappa shape index (κ3) is 4.34. The Hall–Kier alpha value is -1.90. The van der Waals surface area contributed by atoms with Crippen molar-refractivity contribution in [1.82, 2.24) is 0 Å². The average molecular weight is 268 g/mol. The molecule has 2 nitrogen and oxygen atoms in total. The number of aliphatic hydroxyl groups excluding tert-OH is 1. The summed E-state index contributed by atoms with van der Waals surface area (Å²) in [4.78, 5) is 0. The molecule has 0 saturated heterocycles. The first kappa shape index (κ1) is 14.5. The number of benzene rings is 2. The van der Waals surface area contributed by atoms with E-state index in [1.807, 2.05) is 18.2 Å². The molecule has 0 aliphatic carbocycles. The minimum atomic E-state index is -0.475. The van der Waals surface area contributed by atoms with Crippen molar-refractivity contribution >= 4 is 0 Å². The lowest BCUT2D eigenvalue weighted by Gasteiger charge is -2.11. The second kappa shape index (κ2) is 7.63. The van der Waals surface area contributed by atoms with Gasteiger partial charge in [0.25, 0.3) is 0 Å². The fraction of sp³-hybridized carbons (Fsp3) is 0.222. The maximum absolute atomic E-state index is 9.86. The summed E-state index contributed by atoms with van der Waals surface area (Å²) in [5, 5.41) is 9.86. The van der Waals surface area contributed by atoms with Gasteiger partial charge in [0.1, 0.15) is 0 Å². The zero-order valence-corrected chi connectivity index (χ0v) is 11.5. The number of hydrogen-bond acceptors (Lipinski definition) is 2. The van der Waals surface area contributed by atoms with E-state index in [-0.39, 0.29) is 0 Å². The summed E-state index contributed by atoms with van der Waals surface area (Å²) in [6.07, 6.45) is 1.81. The Bertz CT molecular complexity index is 517. The van der Waals surface area contributed by atoms with Crippen LogP contribution in [0.1, 0.15) is 5.56 Å². The molecular formula is C18H20O2. The van der Waals surface area contributed by atoms with Crippen molar-refractivity contribution in [3.63, 3.8) is 0 Å². The normalized spacial score (nSPS) is 12.1. The lowest BCUT2D eigenvalue weighted by atomic mass is 10.0. The highest BCUT2D eigenvalue weighted by Gasteiger charge is 2.06. The van der Waals surface area contributed by atoms with Crippen molar-refractivity contribution in [3.05, 3.63) is 72.8 Å². The first-order valence-corrected chi connectivity index (χ1v) is 6.80. The predicted molar refractivity (Wildman–Crippen MR) is 82.6 cm³/mol. The fourth-order valence-corrected chi connectivity index (χ4v) is 2.08. The summed E-state index contributed by atoms with van der Waals surface area (Å²) in [7, 11) is 0. The molecule has 0 aliphatic rings. The standard InChI is InChI=1S/C18H20O2/c1-2-12-20-14-18(19)13-15-8-10-17(11-9-15)16-6-4-3-5-7-16/h2-11,18-19H,1,12-14H2. The molecule has 2 rings (SSSR count). The summed E-state index contributed by atoms with van der Waals surface area (Å²) >= 11 is 0. The molecule has 1 atom stereocenters. The van der Waals surface area contributed by atoms with Crippen LogP contribution in [0.5, 0.6) is 0 Å². The van der Waals surface area contributed by atoms with Crippen molar-refractivity contribution in [2.75, 3.05) is 13.2 Å². The van der Waals surface area contributed by atoms with Crippen LogP contribution in [0.25, 0.3) is 11.1 Å². The monoisotopic (exact) mass is 268 g/mol. The number of aliphatic hydroxyl groups is 1. The van der Waals surface area contributed by atoms with Gasteiger partial charge in [0, 0.05) is 6.42 Å². The molecule has 2 aromatic carbocycles. The quantitative estimate of drug-likeness (QED) is 0.615. The molecule has 0 fully saturated rings.